The number of alkyl halides is 3. The Morgan fingerprint density at radius 3 is 2.65 bits per heavy atom. The van der Waals surface area contributed by atoms with Gasteiger partial charge in [-0.2, -0.15) is 13.2 Å². The van der Waals surface area contributed by atoms with Crippen molar-refractivity contribution in [1.29, 1.82) is 0 Å². The molecule has 0 aromatic heterocycles. The van der Waals surface area contributed by atoms with E-state index in [2.05, 4.69) is 16.2 Å². The minimum atomic E-state index is -4.45. The summed E-state index contributed by atoms with van der Waals surface area (Å²) >= 11 is 0. The third-order valence-corrected chi connectivity index (χ3v) is 3.08. The van der Waals surface area contributed by atoms with Crippen molar-refractivity contribution < 1.29 is 18.1 Å². The van der Waals surface area contributed by atoms with Crippen molar-refractivity contribution in [1.82, 2.24) is 10.9 Å². The van der Waals surface area contributed by atoms with E-state index >= 15 is 0 Å². The van der Waals surface area contributed by atoms with Crippen LogP contribution >= 0.6 is 0 Å². The molecule has 0 aliphatic carbocycles. The summed E-state index contributed by atoms with van der Waals surface area (Å²) in [5.41, 5.74) is 4.71. The van der Waals surface area contributed by atoms with Crippen molar-refractivity contribution in [2.24, 2.45) is 0 Å². The second kappa shape index (κ2) is 5.25. The zero-order valence-corrected chi connectivity index (χ0v) is 10.4. The van der Waals surface area contributed by atoms with Crippen LogP contribution in [0.2, 0.25) is 0 Å². The molecule has 1 aromatic rings. The molecule has 1 heterocycles. The monoisotopic (exact) mass is 290 g/mol. The Hall–Kier alpha value is -1.87. The van der Waals surface area contributed by atoms with Gasteiger partial charge in [-0.05, 0) is 25.1 Å². The van der Waals surface area contributed by atoms with Crippen LogP contribution in [0.4, 0.5) is 18.9 Å². The molecule has 1 aliphatic heterocycles. The molecule has 0 bridgehead atoms. The van der Waals surface area contributed by atoms with E-state index < -0.39 is 34.9 Å². The predicted molar refractivity (Wildman–Crippen MR) is 65.4 cm³/mol. The van der Waals surface area contributed by atoms with E-state index in [0.29, 0.717) is 0 Å². The van der Waals surface area contributed by atoms with Crippen molar-refractivity contribution in [3.63, 3.8) is 0 Å². The molecule has 20 heavy (non-hydrogen) atoms. The van der Waals surface area contributed by atoms with Gasteiger partial charge in [0.25, 0.3) is 6.04 Å². The number of nitrogens with zero attached hydrogens (tertiary/aromatic N) is 1. The SMILES string of the molecule is CC1NNC(Nc2cccc(C(F)(F)F)c2)C1[N+](=O)[O-]. The largest absolute Gasteiger partial charge is 0.416 e. The fraction of sp³-hybridized carbons (Fsp3) is 0.455. The first-order chi connectivity index (χ1) is 9.29. The van der Waals surface area contributed by atoms with Crippen molar-refractivity contribution in [2.75, 3.05) is 5.32 Å². The molecule has 0 radical (unpaired) electrons. The van der Waals surface area contributed by atoms with Crippen LogP contribution in [0.25, 0.3) is 0 Å². The van der Waals surface area contributed by atoms with Gasteiger partial charge in [-0.1, -0.05) is 6.07 Å². The van der Waals surface area contributed by atoms with Gasteiger partial charge in [-0.3, -0.25) is 10.1 Å². The molecule has 1 aliphatic rings. The minimum absolute atomic E-state index is 0.167. The molecule has 0 spiro atoms. The van der Waals surface area contributed by atoms with Crippen LogP contribution in [-0.2, 0) is 6.18 Å². The fourth-order valence-electron chi connectivity index (χ4n) is 2.07. The van der Waals surface area contributed by atoms with Crippen molar-refractivity contribution >= 4 is 5.69 Å². The molecule has 2 rings (SSSR count). The Bertz CT molecular complexity index is 509. The normalized spacial score (nSPS) is 26.5. The van der Waals surface area contributed by atoms with Crippen LogP contribution in [0.3, 0.4) is 0 Å². The Kier molecular flexibility index (Phi) is 3.82. The van der Waals surface area contributed by atoms with Crippen LogP contribution in [0, 0.1) is 10.1 Å². The number of rotatable bonds is 3. The smallest absolute Gasteiger partial charge is 0.363 e. The van der Waals surface area contributed by atoms with E-state index in [1.165, 1.54) is 12.1 Å². The highest BCUT2D eigenvalue weighted by Crippen LogP contribution is 2.31. The van der Waals surface area contributed by atoms with Gasteiger partial charge in [-0.25, -0.2) is 10.9 Å². The first kappa shape index (κ1) is 14.5. The summed E-state index contributed by atoms with van der Waals surface area (Å²) in [7, 11) is 0. The Labute approximate surface area is 112 Å². The zero-order valence-electron chi connectivity index (χ0n) is 10.4. The van der Waals surface area contributed by atoms with E-state index in [1.54, 1.807) is 6.92 Å². The standard InChI is InChI=1S/C11H13F3N4O2/c1-6-9(18(19)20)10(17-16-6)15-8-4-2-3-7(5-8)11(12,13)14/h2-6,9-10,15-17H,1H3. The molecule has 9 heteroatoms. The lowest BCUT2D eigenvalue weighted by Crippen LogP contribution is -2.44. The summed E-state index contributed by atoms with van der Waals surface area (Å²) in [5.74, 6) is 0. The molecular weight excluding hydrogens is 277 g/mol. The highest BCUT2D eigenvalue weighted by atomic mass is 19.4. The van der Waals surface area contributed by atoms with Gasteiger partial charge < -0.3 is 5.32 Å². The summed E-state index contributed by atoms with van der Waals surface area (Å²) in [6.07, 6.45) is -5.24. The third kappa shape index (κ3) is 2.99. The Morgan fingerprint density at radius 2 is 2.05 bits per heavy atom. The number of hydrazine groups is 1. The van der Waals surface area contributed by atoms with E-state index in [4.69, 9.17) is 0 Å². The van der Waals surface area contributed by atoms with Crippen LogP contribution in [0.15, 0.2) is 24.3 Å². The Balaban J connectivity index is 2.16. The third-order valence-electron chi connectivity index (χ3n) is 3.08. The highest BCUT2D eigenvalue weighted by molar-refractivity contribution is 5.47. The second-order valence-corrected chi connectivity index (χ2v) is 4.55. The number of hydrogen-bond donors (Lipinski definition) is 3. The quantitative estimate of drug-likeness (QED) is 0.582. The molecule has 1 saturated heterocycles. The second-order valence-electron chi connectivity index (χ2n) is 4.55. The van der Waals surface area contributed by atoms with E-state index in [0.717, 1.165) is 12.1 Å². The van der Waals surface area contributed by atoms with Gasteiger partial charge in [0.15, 0.2) is 6.17 Å². The van der Waals surface area contributed by atoms with Gasteiger partial charge in [0.05, 0.1) is 11.6 Å². The Morgan fingerprint density at radius 1 is 1.35 bits per heavy atom. The van der Waals surface area contributed by atoms with Gasteiger partial charge in [-0.15, -0.1) is 0 Å². The lowest BCUT2D eigenvalue weighted by atomic mass is 10.1. The molecule has 1 aromatic carbocycles. The molecule has 0 saturated carbocycles. The summed E-state index contributed by atoms with van der Waals surface area (Å²) in [5, 5.41) is 13.6. The molecule has 3 unspecified atom stereocenters. The maximum absolute atomic E-state index is 12.6. The fourth-order valence-corrected chi connectivity index (χ4v) is 2.07. The molecule has 1 fully saturated rings. The lowest BCUT2D eigenvalue weighted by Gasteiger charge is -2.17. The van der Waals surface area contributed by atoms with E-state index in [1.807, 2.05) is 0 Å². The van der Waals surface area contributed by atoms with E-state index in [9.17, 15) is 23.3 Å². The van der Waals surface area contributed by atoms with Crippen molar-refractivity contribution in [3.8, 4) is 0 Å². The predicted octanol–water partition coefficient (Wildman–Crippen LogP) is 1.58. The molecular formula is C11H13F3N4O2. The number of hydrogen-bond acceptors (Lipinski definition) is 5. The van der Waals surface area contributed by atoms with Crippen molar-refractivity contribution in [3.05, 3.63) is 39.9 Å². The summed E-state index contributed by atoms with van der Waals surface area (Å²) in [6, 6.07) is 3.12. The average molecular weight is 290 g/mol. The van der Waals surface area contributed by atoms with Gasteiger partial charge in [0.1, 0.15) is 0 Å². The zero-order chi connectivity index (χ0) is 14.9. The molecule has 3 N–H and O–H groups in total. The number of nitrogens with one attached hydrogen (secondary N) is 3. The van der Waals surface area contributed by atoms with Crippen LogP contribution in [-0.4, -0.2) is 23.2 Å². The van der Waals surface area contributed by atoms with Gasteiger partial charge in [0.2, 0.25) is 0 Å². The number of benzene rings is 1. The highest BCUT2D eigenvalue weighted by Gasteiger charge is 2.42. The molecule has 3 atom stereocenters. The molecule has 6 nitrogen and oxygen atoms in total. The van der Waals surface area contributed by atoms with Crippen molar-refractivity contribution in [2.45, 2.75) is 31.3 Å². The summed E-state index contributed by atoms with van der Waals surface area (Å²) < 4.78 is 37.8. The van der Waals surface area contributed by atoms with E-state index in [-0.39, 0.29) is 5.69 Å². The molecule has 0 amide bonds. The van der Waals surface area contributed by atoms with Crippen LogP contribution in [0.5, 0.6) is 0 Å². The summed E-state index contributed by atoms with van der Waals surface area (Å²) in [6.45, 7) is 1.62. The van der Waals surface area contributed by atoms with Gasteiger partial charge in [0, 0.05) is 10.6 Å². The number of halogens is 3. The van der Waals surface area contributed by atoms with Crippen LogP contribution < -0.4 is 16.2 Å². The minimum Gasteiger partial charge on any atom is -0.363 e. The van der Waals surface area contributed by atoms with Crippen LogP contribution in [0.1, 0.15) is 12.5 Å². The summed E-state index contributed by atoms with van der Waals surface area (Å²) in [4.78, 5) is 10.5. The maximum Gasteiger partial charge on any atom is 0.416 e. The average Bonchev–Trinajstić information content (AvgIpc) is 2.69. The first-order valence-electron chi connectivity index (χ1n) is 5.87. The van der Waals surface area contributed by atoms with Gasteiger partial charge >= 0.3 is 6.18 Å². The number of nitro groups is 1. The maximum atomic E-state index is 12.6. The number of anilines is 1. The lowest BCUT2D eigenvalue weighted by molar-refractivity contribution is -0.524. The first-order valence-corrected chi connectivity index (χ1v) is 5.87. The molecule has 110 valence electrons. The topological polar surface area (TPSA) is 79.2 Å².